The Kier molecular flexibility index (Phi) is 4.64. The quantitative estimate of drug-likeness (QED) is 0.263. The van der Waals surface area contributed by atoms with Crippen LogP contribution < -0.4 is 0 Å². The van der Waals surface area contributed by atoms with Crippen molar-refractivity contribution in [3.63, 3.8) is 0 Å². The lowest BCUT2D eigenvalue weighted by atomic mass is 10.0. The molecule has 2 heterocycles. The Hall–Kier alpha value is -4.41. The van der Waals surface area contributed by atoms with Crippen molar-refractivity contribution in [2.75, 3.05) is 0 Å². The van der Waals surface area contributed by atoms with E-state index in [1.54, 1.807) is 11.3 Å². The molecule has 0 bridgehead atoms. The van der Waals surface area contributed by atoms with Gasteiger partial charge in [-0.3, -0.25) is 0 Å². The minimum absolute atomic E-state index is 0.895. The summed E-state index contributed by atoms with van der Waals surface area (Å²) in [5.74, 6) is 0. The number of hydrogen-bond acceptors (Lipinski definition) is 4. The van der Waals surface area contributed by atoms with Crippen LogP contribution in [0.25, 0.3) is 65.1 Å². The number of fused-ring (bicyclic) bond motifs is 4. The molecule has 7 rings (SSSR count). The Morgan fingerprint density at radius 2 is 1.09 bits per heavy atom. The second-order valence-electron chi connectivity index (χ2n) is 8.51. The summed E-state index contributed by atoms with van der Waals surface area (Å²) in [6, 6.07) is 39.6. The Morgan fingerprint density at radius 3 is 1.80 bits per heavy atom. The van der Waals surface area contributed by atoms with E-state index in [2.05, 4.69) is 66.7 Å². The van der Waals surface area contributed by atoms with Gasteiger partial charge in [-0.1, -0.05) is 91.0 Å². The Bertz CT molecular complexity index is 1840. The van der Waals surface area contributed by atoms with Gasteiger partial charge in [0.25, 0.3) is 0 Å². The molecule has 4 heteroatoms. The molecule has 0 aliphatic rings. The van der Waals surface area contributed by atoms with Crippen LogP contribution in [-0.4, -0.2) is 15.0 Å². The van der Waals surface area contributed by atoms with Crippen LogP contribution in [0, 0.1) is 0 Å². The lowest BCUT2D eigenvalue weighted by Crippen LogP contribution is -1.95. The third-order valence-corrected chi connectivity index (χ3v) is 7.44. The van der Waals surface area contributed by atoms with Crippen molar-refractivity contribution in [3.05, 3.63) is 115 Å². The maximum atomic E-state index is 5.06. The molecule has 35 heavy (non-hydrogen) atoms. The van der Waals surface area contributed by atoms with E-state index in [9.17, 15) is 0 Å². The Labute approximate surface area is 206 Å². The fourth-order valence-electron chi connectivity index (χ4n) is 4.56. The van der Waals surface area contributed by atoms with E-state index < -0.39 is 0 Å². The van der Waals surface area contributed by atoms with Crippen molar-refractivity contribution in [2.24, 2.45) is 0 Å². The van der Waals surface area contributed by atoms with E-state index in [0.717, 1.165) is 49.6 Å². The zero-order chi connectivity index (χ0) is 23.2. The SMILES string of the molecule is c1ccc(-c2nc3ccc4cc(-c5nc6ccccc6nc5-c5ccccc5)ccc4c3s2)cc1. The molecule has 7 aromatic rings. The predicted molar refractivity (Wildman–Crippen MR) is 147 cm³/mol. The van der Waals surface area contributed by atoms with Crippen molar-refractivity contribution in [1.82, 2.24) is 15.0 Å². The molecule has 5 aromatic carbocycles. The smallest absolute Gasteiger partial charge is 0.124 e. The molecular formula is C31H19N3S. The number of rotatable bonds is 3. The molecule has 164 valence electrons. The second kappa shape index (κ2) is 8.12. The van der Waals surface area contributed by atoms with Gasteiger partial charge in [-0.05, 0) is 29.7 Å². The molecule has 0 saturated carbocycles. The van der Waals surface area contributed by atoms with Gasteiger partial charge < -0.3 is 0 Å². The first-order chi connectivity index (χ1) is 17.3. The van der Waals surface area contributed by atoms with Gasteiger partial charge in [0.15, 0.2) is 0 Å². The van der Waals surface area contributed by atoms with Crippen molar-refractivity contribution >= 4 is 43.4 Å². The molecule has 0 N–H and O–H groups in total. The van der Waals surface area contributed by atoms with Crippen molar-refractivity contribution < 1.29 is 0 Å². The highest BCUT2D eigenvalue weighted by Crippen LogP contribution is 2.38. The summed E-state index contributed by atoms with van der Waals surface area (Å²) in [6.07, 6.45) is 0. The maximum absolute atomic E-state index is 5.06. The maximum Gasteiger partial charge on any atom is 0.124 e. The standard InChI is InChI=1S/C31H19N3S/c1-3-9-20(10-4-1)28-29(33-26-14-8-7-13-25(26)32-28)23-15-17-24-22(19-23)16-18-27-30(24)35-31(34-27)21-11-5-2-6-12-21/h1-19H. The van der Waals surface area contributed by atoms with Crippen LogP contribution in [0.5, 0.6) is 0 Å². The molecule has 0 fully saturated rings. The number of nitrogens with zero attached hydrogens (tertiary/aromatic N) is 3. The van der Waals surface area contributed by atoms with Crippen LogP contribution in [0.2, 0.25) is 0 Å². The van der Waals surface area contributed by atoms with Gasteiger partial charge >= 0.3 is 0 Å². The molecule has 0 aliphatic heterocycles. The summed E-state index contributed by atoms with van der Waals surface area (Å²) < 4.78 is 1.21. The van der Waals surface area contributed by atoms with Crippen molar-refractivity contribution in [1.29, 1.82) is 0 Å². The van der Waals surface area contributed by atoms with Gasteiger partial charge in [0.05, 0.1) is 32.6 Å². The zero-order valence-corrected chi connectivity index (χ0v) is 19.5. The highest BCUT2D eigenvalue weighted by molar-refractivity contribution is 7.22. The monoisotopic (exact) mass is 465 g/mol. The van der Waals surface area contributed by atoms with Gasteiger partial charge in [0, 0.05) is 22.1 Å². The molecule has 0 unspecified atom stereocenters. The number of hydrogen-bond donors (Lipinski definition) is 0. The average Bonchev–Trinajstić information content (AvgIpc) is 3.38. The summed E-state index contributed by atoms with van der Waals surface area (Å²) in [5.41, 5.74) is 7.89. The van der Waals surface area contributed by atoms with Gasteiger partial charge in [-0.15, -0.1) is 11.3 Å². The number of aromatic nitrogens is 3. The summed E-state index contributed by atoms with van der Waals surface area (Å²) in [4.78, 5) is 15.0. The molecule has 0 spiro atoms. The molecule has 0 atom stereocenters. The second-order valence-corrected chi connectivity index (χ2v) is 9.51. The van der Waals surface area contributed by atoms with E-state index in [-0.39, 0.29) is 0 Å². The van der Waals surface area contributed by atoms with E-state index >= 15 is 0 Å². The lowest BCUT2D eigenvalue weighted by Gasteiger charge is -2.11. The lowest BCUT2D eigenvalue weighted by molar-refractivity contribution is 1.29. The van der Waals surface area contributed by atoms with Gasteiger partial charge in [0.2, 0.25) is 0 Å². The van der Waals surface area contributed by atoms with Crippen LogP contribution in [0.4, 0.5) is 0 Å². The van der Waals surface area contributed by atoms with Gasteiger partial charge in [-0.25, -0.2) is 15.0 Å². The highest BCUT2D eigenvalue weighted by atomic mass is 32.1. The summed E-state index contributed by atoms with van der Waals surface area (Å²) in [5, 5.41) is 3.43. The molecular weight excluding hydrogens is 446 g/mol. The molecule has 3 nitrogen and oxygen atoms in total. The topological polar surface area (TPSA) is 38.7 Å². The predicted octanol–water partition coefficient (Wildman–Crippen LogP) is 8.39. The summed E-state index contributed by atoms with van der Waals surface area (Å²) in [7, 11) is 0. The Balaban J connectivity index is 1.42. The first-order valence-electron chi connectivity index (χ1n) is 11.5. The van der Waals surface area contributed by atoms with Crippen molar-refractivity contribution in [3.8, 4) is 33.1 Å². The molecule has 0 radical (unpaired) electrons. The number of para-hydroxylation sites is 2. The minimum atomic E-state index is 0.895. The van der Waals surface area contributed by atoms with E-state index in [1.807, 2.05) is 48.5 Å². The normalized spacial score (nSPS) is 11.4. The third-order valence-electron chi connectivity index (χ3n) is 6.28. The molecule has 0 amide bonds. The van der Waals surface area contributed by atoms with Crippen LogP contribution >= 0.6 is 11.3 Å². The van der Waals surface area contributed by atoms with Gasteiger partial charge in [0.1, 0.15) is 5.01 Å². The van der Waals surface area contributed by atoms with E-state index in [1.165, 1.54) is 15.5 Å². The number of thiazole rings is 1. The molecule has 2 aromatic heterocycles. The van der Waals surface area contributed by atoms with Crippen LogP contribution in [0.3, 0.4) is 0 Å². The largest absolute Gasteiger partial charge is 0.244 e. The number of benzene rings is 5. The third kappa shape index (κ3) is 3.47. The first kappa shape index (κ1) is 20.0. The first-order valence-corrected chi connectivity index (χ1v) is 12.4. The van der Waals surface area contributed by atoms with Crippen molar-refractivity contribution in [2.45, 2.75) is 0 Å². The summed E-state index contributed by atoms with van der Waals surface area (Å²) >= 11 is 1.74. The minimum Gasteiger partial charge on any atom is -0.244 e. The highest BCUT2D eigenvalue weighted by Gasteiger charge is 2.15. The van der Waals surface area contributed by atoms with Crippen LogP contribution in [0.1, 0.15) is 0 Å². The van der Waals surface area contributed by atoms with E-state index in [0.29, 0.717) is 0 Å². The average molecular weight is 466 g/mol. The fraction of sp³-hybridized carbons (Fsp3) is 0. The molecule has 0 aliphatic carbocycles. The zero-order valence-electron chi connectivity index (χ0n) is 18.7. The summed E-state index contributed by atoms with van der Waals surface area (Å²) in [6.45, 7) is 0. The molecule has 0 saturated heterocycles. The fourth-order valence-corrected chi connectivity index (χ4v) is 5.67. The van der Waals surface area contributed by atoms with Crippen LogP contribution in [0.15, 0.2) is 115 Å². The Morgan fingerprint density at radius 1 is 0.457 bits per heavy atom. The van der Waals surface area contributed by atoms with Crippen LogP contribution in [-0.2, 0) is 0 Å². The van der Waals surface area contributed by atoms with E-state index in [4.69, 9.17) is 15.0 Å². The van der Waals surface area contributed by atoms with Gasteiger partial charge in [-0.2, -0.15) is 0 Å².